The van der Waals surface area contributed by atoms with Gasteiger partial charge >= 0.3 is 0 Å². The number of rotatable bonds is 8. The number of nitro groups is 1. The average molecular weight is 490 g/mol. The number of morpholine rings is 1. The van der Waals surface area contributed by atoms with Crippen molar-refractivity contribution in [3.63, 3.8) is 0 Å². The summed E-state index contributed by atoms with van der Waals surface area (Å²) in [6, 6.07) is 9.44. The number of ether oxygens (including phenoxy) is 1. The van der Waals surface area contributed by atoms with Gasteiger partial charge in [-0.2, -0.15) is 4.31 Å². The lowest BCUT2D eigenvalue weighted by Crippen LogP contribution is -2.40. The molecule has 0 aliphatic carbocycles. The van der Waals surface area contributed by atoms with Crippen molar-refractivity contribution in [2.45, 2.75) is 16.2 Å². The third-order valence-electron chi connectivity index (χ3n) is 4.66. The molecule has 0 aromatic heterocycles. The summed E-state index contributed by atoms with van der Waals surface area (Å²) in [6.45, 7) is 1.33. The molecule has 1 aliphatic heterocycles. The maximum atomic E-state index is 12.6. The second-order valence-corrected chi connectivity index (χ2v) is 10.8. The van der Waals surface area contributed by atoms with E-state index in [9.17, 15) is 26.9 Å². The molecule has 0 unspecified atom stereocenters. The highest BCUT2D eigenvalue weighted by Crippen LogP contribution is 2.27. The van der Waals surface area contributed by atoms with Crippen LogP contribution < -0.4 is 4.72 Å². The van der Waals surface area contributed by atoms with Crippen molar-refractivity contribution in [2.75, 3.05) is 32.8 Å². The summed E-state index contributed by atoms with van der Waals surface area (Å²) in [5.74, 6) is 0. The van der Waals surface area contributed by atoms with E-state index in [4.69, 9.17) is 16.3 Å². The summed E-state index contributed by atoms with van der Waals surface area (Å²) in [6.07, 6.45) is 0.298. The standard InChI is InChI=1S/C18H20ClN3O7S2/c19-17-6-5-16(13-18(17)22(23)24)30(25,26)20-8-7-14-1-3-15(4-2-14)31(27,28)21-9-11-29-12-10-21/h1-6,13,20H,7-12H2. The molecular formula is C18H20ClN3O7S2. The normalized spacial score (nSPS) is 15.6. The first-order valence-electron chi connectivity index (χ1n) is 9.22. The summed E-state index contributed by atoms with van der Waals surface area (Å²) in [5, 5.41) is 10.8. The van der Waals surface area contributed by atoms with E-state index in [0.29, 0.717) is 32.7 Å². The zero-order valence-corrected chi connectivity index (χ0v) is 18.6. The van der Waals surface area contributed by atoms with Crippen LogP contribution in [0.15, 0.2) is 52.3 Å². The minimum Gasteiger partial charge on any atom is -0.379 e. The Balaban J connectivity index is 1.63. The molecular weight excluding hydrogens is 470 g/mol. The van der Waals surface area contributed by atoms with Crippen molar-refractivity contribution in [1.29, 1.82) is 0 Å². The Morgan fingerprint density at radius 3 is 2.26 bits per heavy atom. The molecule has 10 nitrogen and oxygen atoms in total. The third-order valence-corrected chi connectivity index (χ3v) is 8.35. The summed E-state index contributed by atoms with van der Waals surface area (Å²) < 4.78 is 59.0. The highest BCUT2D eigenvalue weighted by Gasteiger charge is 2.26. The van der Waals surface area contributed by atoms with Gasteiger partial charge in [0, 0.05) is 25.7 Å². The van der Waals surface area contributed by atoms with E-state index >= 15 is 0 Å². The molecule has 2 aromatic rings. The Bertz CT molecular complexity index is 1160. The molecule has 0 spiro atoms. The van der Waals surface area contributed by atoms with Gasteiger partial charge in [0.2, 0.25) is 20.0 Å². The lowest BCUT2D eigenvalue weighted by molar-refractivity contribution is -0.384. The molecule has 2 aromatic carbocycles. The average Bonchev–Trinajstić information content (AvgIpc) is 2.74. The second kappa shape index (κ2) is 9.59. The van der Waals surface area contributed by atoms with Crippen LogP contribution in [0.3, 0.4) is 0 Å². The molecule has 168 valence electrons. The van der Waals surface area contributed by atoms with Gasteiger partial charge in [0.25, 0.3) is 5.69 Å². The lowest BCUT2D eigenvalue weighted by atomic mass is 10.2. The van der Waals surface area contributed by atoms with E-state index in [2.05, 4.69) is 4.72 Å². The largest absolute Gasteiger partial charge is 0.379 e. The van der Waals surface area contributed by atoms with E-state index in [0.717, 1.165) is 17.7 Å². The second-order valence-electron chi connectivity index (χ2n) is 6.68. The van der Waals surface area contributed by atoms with Gasteiger partial charge in [0.15, 0.2) is 0 Å². The Hall–Kier alpha value is -2.09. The minimum atomic E-state index is -3.98. The number of sulfonamides is 2. The molecule has 0 saturated carbocycles. The van der Waals surface area contributed by atoms with Crippen molar-refractivity contribution in [3.05, 3.63) is 63.2 Å². The predicted molar refractivity (Wildman–Crippen MR) is 113 cm³/mol. The fraction of sp³-hybridized carbons (Fsp3) is 0.333. The highest BCUT2D eigenvalue weighted by atomic mass is 35.5. The van der Waals surface area contributed by atoms with Crippen LogP contribution in [0.25, 0.3) is 0 Å². The van der Waals surface area contributed by atoms with E-state index in [1.54, 1.807) is 12.1 Å². The summed E-state index contributed by atoms with van der Waals surface area (Å²) in [5.41, 5.74) is 0.229. The summed E-state index contributed by atoms with van der Waals surface area (Å²) in [7, 11) is -7.57. The molecule has 0 radical (unpaired) electrons. The summed E-state index contributed by atoms with van der Waals surface area (Å²) >= 11 is 5.71. The first-order valence-corrected chi connectivity index (χ1v) is 12.5. The monoisotopic (exact) mass is 489 g/mol. The third kappa shape index (κ3) is 5.59. The molecule has 3 rings (SSSR count). The molecule has 0 atom stereocenters. The van der Waals surface area contributed by atoms with E-state index in [-0.39, 0.29) is 21.4 Å². The van der Waals surface area contributed by atoms with Crippen LogP contribution in [-0.2, 0) is 31.2 Å². The van der Waals surface area contributed by atoms with Crippen LogP contribution in [0.2, 0.25) is 5.02 Å². The van der Waals surface area contributed by atoms with Gasteiger partial charge in [-0.05, 0) is 36.2 Å². The fourth-order valence-corrected chi connectivity index (χ4v) is 5.62. The van der Waals surface area contributed by atoms with Gasteiger partial charge in [0.05, 0.1) is 27.9 Å². The predicted octanol–water partition coefficient (Wildman–Crippen LogP) is 1.79. The minimum absolute atomic E-state index is 0.0221. The maximum absolute atomic E-state index is 12.6. The first-order chi connectivity index (χ1) is 14.6. The van der Waals surface area contributed by atoms with E-state index in [1.807, 2.05) is 0 Å². The van der Waals surface area contributed by atoms with Crippen molar-refractivity contribution in [1.82, 2.24) is 9.03 Å². The van der Waals surface area contributed by atoms with Crippen LogP contribution >= 0.6 is 11.6 Å². The Labute approximate surface area is 185 Å². The first kappa shape index (κ1) is 23.6. The topological polar surface area (TPSA) is 136 Å². The van der Waals surface area contributed by atoms with Crippen LogP contribution in [0, 0.1) is 10.1 Å². The van der Waals surface area contributed by atoms with Crippen LogP contribution in [0.4, 0.5) is 5.69 Å². The molecule has 1 saturated heterocycles. The van der Waals surface area contributed by atoms with Crippen LogP contribution in [-0.4, -0.2) is 58.9 Å². The SMILES string of the molecule is O=[N+]([O-])c1cc(S(=O)(=O)NCCc2ccc(S(=O)(=O)N3CCOCC3)cc2)ccc1Cl. The molecule has 13 heteroatoms. The fourth-order valence-electron chi connectivity index (χ4n) is 2.98. The van der Waals surface area contributed by atoms with Crippen LogP contribution in [0.5, 0.6) is 0 Å². The van der Waals surface area contributed by atoms with Gasteiger partial charge in [0.1, 0.15) is 5.02 Å². The molecule has 1 fully saturated rings. The molecule has 1 N–H and O–H groups in total. The summed E-state index contributed by atoms with van der Waals surface area (Å²) in [4.78, 5) is 10.1. The smallest absolute Gasteiger partial charge is 0.289 e. The lowest BCUT2D eigenvalue weighted by Gasteiger charge is -2.26. The number of nitrogens with one attached hydrogen (secondary N) is 1. The number of benzene rings is 2. The maximum Gasteiger partial charge on any atom is 0.289 e. The molecule has 31 heavy (non-hydrogen) atoms. The van der Waals surface area contributed by atoms with Gasteiger partial charge in [-0.3, -0.25) is 10.1 Å². The van der Waals surface area contributed by atoms with Crippen LogP contribution in [0.1, 0.15) is 5.56 Å². The number of halogens is 1. The molecule has 1 aliphatic rings. The zero-order valence-electron chi connectivity index (χ0n) is 16.2. The molecule has 0 amide bonds. The number of nitrogens with zero attached hydrogens (tertiary/aromatic N) is 2. The van der Waals surface area contributed by atoms with Gasteiger partial charge in [-0.15, -0.1) is 0 Å². The molecule has 1 heterocycles. The molecule has 0 bridgehead atoms. The van der Waals surface area contributed by atoms with Gasteiger partial charge < -0.3 is 4.74 Å². The Morgan fingerprint density at radius 1 is 1.03 bits per heavy atom. The number of nitro benzene ring substituents is 1. The van der Waals surface area contributed by atoms with E-state index in [1.165, 1.54) is 22.5 Å². The van der Waals surface area contributed by atoms with Crippen molar-refractivity contribution < 1.29 is 26.5 Å². The number of hydrogen-bond donors (Lipinski definition) is 1. The van der Waals surface area contributed by atoms with Crippen molar-refractivity contribution in [3.8, 4) is 0 Å². The quantitative estimate of drug-likeness (QED) is 0.441. The number of hydrogen-bond acceptors (Lipinski definition) is 7. The zero-order chi connectivity index (χ0) is 22.6. The van der Waals surface area contributed by atoms with Crippen molar-refractivity contribution in [2.24, 2.45) is 0 Å². The van der Waals surface area contributed by atoms with Crippen molar-refractivity contribution >= 4 is 37.3 Å². The van der Waals surface area contributed by atoms with Gasteiger partial charge in [-0.25, -0.2) is 21.6 Å². The van der Waals surface area contributed by atoms with E-state index < -0.39 is 30.7 Å². The highest BCUT2D eigenvalue weighted by molar-refractivity contribution is 7.89. The Morgan fingerprint density at radius 2 is 1.65 bits per heavy atom. The Kier molecular flexibility index (Phi) is 7.29. The van der Waals surface area contributed by atoms with Gasteiger partial charge in [-0.1, -0.05) is 23.7 Å².